The first-order chi connectivity index (χ1) is 8.58. The number of aliphatic hydroxyl groups excluding tert-OH is 1. The van der Waals surface area contributed by atoms with E-state index in [4.69, 9.17) is 0 Å². The molecule has 0 aromatic heterocycles. The summed E-state index contributed by atoms with van der Waals surface area (Å²) < 4.78 is 0. The molecule has 1 saturated heterocycles. The van der Waals surface area contributed by atoms with Gasteiger partial charge in [-0.25, -0.2) is 0 Å². The molecule has 0 aromatic carbocycles. The fourth-order valence-electron chi connectivity index (χ4n) is 2.33. The van der Waals surface area contributed by atoms with Crippen LogP contribution in [0.1, 0.15) is 32.1 Å². The summed E-state index contributed by atoms with van der Waals surface area (Å²) in [6.07, 6.45) is 4.19. The van der Waals surface area contributed by atoms with Crippen molar-refractivity contribution < 1.29 is 14.7 Å². The van der Waals surface area contributed by atoms with E-state index < -0.39 is 6.10 Å². The highest BCUT2D eigenvalue weighted by Crippen LogP contribution is 2.32. The van der Waals surface area contributed by atoms with Crippen LogP contribution in [0.15, 0.2) is 0 Å². The molecule has 1 aliphatic carbocycles. The standard InChI is InChI=1S/C13H22N2O3/c1-14(8-11(16)10-5-6-10)13(18)9-15-7-3-2-4-12(15)17/h10-11,16H,2-9H2,1H3. The zero-order chi connectivity index (χ0) is 13.1. The fraction of sp³-hybridized carbons (Fsp3) is 0.846. The Labute approximate surface area is 108 Å². The lowest BCUT2D eigenvalue weighted by atomic mass is 10.1. The minimum Gasteiger partial charge on any atom is -0.391 e. The van der Waals surface area contributed by atoms with Crippen molar-refractivity contribution in [1.29, 1.82) is 0 Å². The van der Waals surface area contributed by atoms with Crippen LogP contribution in [0.4, 0.5) is 0 Å². The van der Waals surface area contributed by atoms with Gasteiger partial charge < -0.3 is 14.9 Å². The maximum atomic E-state index is 12.0. The van der Waals surface area contributed by atoms with Crippen molar-refractivity contribution in [3.63, 3.8) is 0 Å². The van der Waals surface area contributed by atoms with E-state index in [0.29, 0.717) is 25.4 Å². The van der Waals surface area contributed by atoms with Crippen LogP contribution in [0.5, 0.6) is 0 Å². The molecule has 18 heavy (non-hydrogen) atoms. The number of carbonyl (C=O) groups is 2. The maximum Gasteiger partial charge on any atom is 0.242 e. The Hall–Kier alpha value is -1.10. The van der Waals surface area contributed by atoms with E-state index in [2.05, 4.69) is 0 Å². The summed E-state index contributed by atoms with van der Waals surface area (Å²) in [5, 5.41) is 9.79. The van der Waals surface area contributed by atoms with Crippen LogP contribution >= 0.6 is 0 Å². The molecule has 1 aliphatic heterocycles. The molecule has 1 heterocycles. The number of hydrogen-bond acceptors (Lipinski definition) is 3. The summed E-state index contributed by atoms with van der Waals surface area (Å²) in [7, 11) is 1.70. The largest absolute Gasteiger partial charge is 0.391 e. The monoisotopic (exact) mass is 254 g/mol. The second-order valence-corrected chi connectivity index (χ2v) is 5.45. The normalized spacial score (nSPS) is 21.9. The van der Waals surface area contributed by atoms with Crippen LogP contribution in [0.25, 0.3) is 0 Å². The Morgan fingerprint density at radius 1 is 1.50 bits per heavy atom. The minimum atomic E-state index is -0.406. The van der Waals surface area contributed by atoms with E-state index in [1.54, 1.807) is 16.8 Å². The van der Waals surface area contributed by atoms with Gasteiger partial charge in [0.15, 0.2) is 0 Å². The van der Waals surface area contributed by atoms with E-state index in [0.717, 1.165) is 25.7 Å². The van der Waals surface area contributed by atoms with Crippen LogP contribution in [0.2, 0.25) is 0 Å². The number of piperidine rings is 1. The van der Waals surface area contributed by atoms with Crippen LogP contribution in [-0.2, 0) is 9.59 Å². The molecule has 102 valence electrons. The van der Waals surface area contributed by atoms with Gasteiger partial charge >= 0.3 is 0 Å². The van der Waals surface area contributed by atoms with Gasteiger partial charge in [-0.2, -0.15) is 0 Å². The van der Waals surface area contributed by atoms with Crippen LogP contribution in [0, 0.1) is 5.92 Å². The van der Waals surface area contributed by atoms with Gasteiger partial charge in [0, 0.05) is 26.6 Å². The lowest BCUT2D eigenvalue weighted by molar-refractivity contribution is -0.141. The van der Waals surface area contributed by atoms with Gasteiger partial charge in [0.05, 0.1) is 12.6 Å². The van der Waals surface area contributed by atoms with Gasteiger partial charge in [-0.3, -0.25) is 9.59 Å². The molecule has 5 nitrogen and oxygen atoms in total. The van der Waals surface area contributed by atoms with E-state index in [-0.39, 0.29) is 18.4 Å². The third-order valence-electron chi connectivity index (χ3n) is 3.80. The fourth-order valence-corrected chi connectivity index (χ4v) is 2.33. The number of carbonyl (C=O) groups excluding carboxylic acids is 2. The molecule has 2 rings (SSSR count). The van der Waals surface area contributed by atoms with Gasteiger partial charge in [0.1, 0.15) is 0 Å². The summed E-state index contributed by atoms with van der Waals surface area (Å²) >= 11 is 0. The molecule has 2 aliphatic rings. The van der Waals surface area contributed by atoms with Crippen molar-refractivity contribution in [1.82, 2.24) is 9.80 Å². The summed E-state index contributed by atoms with van der Waals surface area (Å²) in [6, 6.07) is 0. The number of nitrogens with zero attached hydrogens (tertiary/aromatic N) is 2. The predicted molar refractivity (Wildman–Crippen MR) is 66.8 cm³/mol. The van der Waals surface area contributed by atoms with E-state index in [9.17, 15) is 14.7 Å². The Morgan fingerprint density at radius 3 is 2.83 bits per heavy atom. The van der Waals surface area contributed by atoms with Crippen LogP contribution in [-0.4, -0.2) is 59.5 Å². The van der Waals surface area contributed by atoms with Crippen molar-refractivity contribution in [3.8, 4) is 0 Å². The van der Waals surface area contributed by atoms with E-state index in [1.807, 2.05) is 0 Å². The summed E-state index contributed by atoms with van der Waals surface area (Å²) in [4.78, 5) is 26.7. The Kier molecular flexibility index (Phi) is 4.22. The van der Waals surface area contributed by atoms with Crippen molar-refractivity contribution >= 4 is 11.8 Å². The molecule has 1 N–H and O–H groups in total. The summed E-state index contributed by atoms with van der Waals surface area (Å²) in [6.45, 7) is 1.22. The van der Waals surface area contributed by atoms with Crippen molar-refractivity contribution in [2.45, 2.75) is 38.2 Å². The number of likely N-dealkylation sites (tertiary alicyclic amines) is 1. The number of hydrogen-bond donors (Lipinski definition) is 1. The summed E-state index contributed by atoms with van der Waals surface area (Å²) in [5.41, 5.74) is 0. The number of likely N-dealkylation sites (N-methyl/N-ethyl adjacent to an activating group) is 1. The molecular weight excluding hydrogens is 232 g/mol. The van der Waals surface area contributed by atoms with Gasteiger partial charge in [-0.1, -0.05) is 0 Å². The molecular formula is C13H22N2O3. The quantitative estimate of drug-likeness (QED) is 0.764. The molecule has 2 fully saturated rings. The lowest BCUT2D eigenvalue weighted by Crippen LogP contribution is -2.45. The number of aliphatic hydroxyl groups is 1. The lowest BCUT2D eigenvalue weighted by Gasteiger charge is -2.29. The highest BCUT2D eigenvalue weighted by molar-refractivity contribution is 5.85. The topological polar surface area (TPSA) is 60.9 Å². The Morgan fingerprint density at radius 2 is 2.22 bits per heavy atom. The molecule has 0 spiro atoms. The SMILES string of the molecule is CN(CC(O)C1CC1)C(=O)CN1CCCCC1=O. The molecule has 2 amide bonds. The van der Waals surface area contributed by atoms with Crippen LogP contribution < -0.4 is 0 Å². The molecule has 0 aromatic rings. The van der Waals surface area contributed by atoms with E-state index >= 15 is 0 Å². The second-order valence-electron chi connectivity index (χ2n) is 5.45. The highest BCUT2D eigenvalue weighted by Gasteiger charge is 2.31. The van der Waals surface area contributed by atoms with Crippen molar-refractivity contribution in [2.24, 2.45) is 5.92 Å². The third-order valence-corrected chi connectivity index (χ3v) is 3.80. The van der Waals surface area contributed by atoms with Crippen molar-refractivity contribution in [2.75, 3.05) is 26.7 Å². The third kappa shape index (κ3) is 3.45. The van der Waals surface area contributed by atoms with Gasteiger partial charge in [-0.05, 0) is 31.6 Å². The average Bonchev–Trinajstić information content (AvgIpc) is 3.15. The first kappa shape index (κ1) is 13.3. The minimum absolute atomic E-state index is 0.0748. The van der Waals surface area contributed by atoms with Gasteiger partial charge in [0.25, 0.3) is 0 Å². The molecule has 1 atom stereocenters. The average molecular weight is 254 g/mol. The first-order valence-corrected chi connectivity index (χ1v) is 6.77. The molecule has 0 bridgehead atoms. The number of amides is 2. The Balaban J connectivity index is 1.77. The Bertz CT molecular complexity index is 328. The number of rotatable bonds is 5. The predicted octanol–water partition coefficient (Wildman–Crippen LogP) is 0.228. The van der Waals surface area contributed by atoms with Crippen LogP contribution in [0.3, 0.4) is 0 Å². The summed E-state index contributed by atoms with van der Waals surface area (Å²) in [5.74, 6) is 0.368. The van der Waals surface area contributed by atoms with Crippen molar-refractivity contribution in [3.05, 3.63) is 0 Å². The molecule has 1 unspecified atom stereocenters. The zero-order valence-corrected chi connectivity index (χ0v) is 11.0. The van der Waals surface area contributed by atoms with E-state index in [1.165, 1.54) is 0 Å². The zero-order valence-electron chi connectivity index (χ0n) is 11.0. The highest BCUT2D eigenvalue weighted by atomic mass is 16.3. The van der Waals surface area contributed by atoms with Gasteiger partial charge in [0.2, 0.25) is 11.8 Å². The molecule has 0 radical (unpaired) electrons. The molecule has 5 heteroatoms. The molecule has 1 saturated carbocycles. The first-order valence-electron chi connectivity index (χ1n) is 6.77. The maximum absolute atomic E-state index is 12.0. The second kappa shape index (κ2) is 5.69. The smallest absolute Gasteiger partial charge is 0.242 e. The van der Waals surface area contributed by atoms with Gasteiger partial charge in [-0.15, -0.1) is 0 Å².